The van der Waals surface area contributed by atoms with E-state index in [4.69, 9.17) is 0 Å². The van der Waals surface area contributed by atoms with Gasteiger partial charge >= 0.3 is 0 Å². The van der Waals surface area contributed by atoms with Crippen molar-refractivity contribution in [1.29, 1.82) is 0 Å². The van der Waals surface area contributed by atoms with Crippen LogP contribution in [0.5, 0.6) is 0 Å². The summed E-state index contributed by atoms with van der Waals surface area (Å²) in [5.74, 6) is 1.42. The molecule has 0 saturated heterocycles. The highest BCUT2D eigenvalue weighted by atomic mass is 15.3. The average molecular weight is 300 g/mol. The molecule has 0 aliphatic rings. The molecule has 2 rings (SSSR count). The van der Waals surface area contributed by atoms with Crippen molar-refractivity contribution in [2.45, 2.75) is 13.5 Å². The SMILES string of the molecule is CCN(Cc1ccccc1)c1cnnc(NCCN(C)C)n1. The highest BCUT2D eigenvalue weighted by molar-refractivity contribution is 5.41. The number of benzene rings is 1. The van der Waals surface area contributed by atoms with Crippen LogP contribution in [0, 0.1) is 0 Å². The fourth-order valence-electron chi connectivity index (χ4n) is 2.07. The summed E-state index contributed by atoms with van der Waals surface area (Å²) >= 11 is 0. The van der Waals surface area contributed by atoms with E-state index >= 15 is 0 Å². The zero-order valence-corrected chi connectivity index (χ0v) is 13.5. The van der Waals surface area contributed by atoms with Crippen molar-refractivity contribution >= 4 is 11.8 Å². The van der Waals surface area contributed by atoms with E-state index in [0.717, 1.165) is 32.0 Å². The summed E-state index contributed by atoms with van der Waals surface area (Å²) in [7, 11) is 4.08. The van der Waals surface area contributed by atoms with Crippen LogP contribution in [0.3, 0.4) is 0 Å². The van der Waals surface area contributed by atoms with E-state index in [9.17, 15) is 0 Å². The van der Waals surface area contributed by atoms with Gasteiger partial charge in [-0.25, -0.2) is 0 Å². The number of nitrogens with zero attached hydrogens (tertiary/aromatic N) is 5. The van der Waals surface area contributed by atoms with Gasteiger partial charge in [-0.2, -0.15) is 10.1 Å². The standard InChI is InChI=1S/C16H24N6/c1-4-22(13-14-8-6-5-7-9-14)15-12-18-20-16(19-15)17-10-11-21(2)3/h5-9,12H,4,10-11,13H2,1-3H3,(H,17,19,20). The summed E-state index contributed by atoms with van der Waals surface area (Å²) in [5.41, 5.74) is 1.25. The lowest BCUT2D eigenvalue weighted by Crippen LogP contribution is -2.25. The Bertz CT molecular complexity index is 558. The van der Waals surface area contributed by atoms with Crippen molar-refractivity contribution in [1.82, 2.24) is 20.1 Å². The molecule has 0 saturated carbocycles. The highest BCUT2D eigenvalue weighted by Gasteiger charge is 2.09. The Labute approximate surface area is 132 Å². The molecular weight excluding hydrogens is 276 g/mol. The minimum atomic E-state index is 0.575. The van der Waals surface area contributed by atoms with Crippen LogP contribution in [0.2, 0.25) is 0 Å². The topological polar surface area (TPSA) is 57.2 Å². The number of hydrogen-bond acceptors (Lipinski definition) is 6. The molecule has 0 atom stereocenters. The molecular formula is C16H24N6. The van der Waals surface area contributed by atoms with Crippen molar-refractivity contribution in [3.8, 4) is 0 Å². The minimum Gasteiger partial charge on any atom is -0.352 e. The second-order valence-corrected chi connectivity index (χ2v) is 5.37. The normalized spacial score (nSPS) is 10.7. The summed E-state index contributed by atoms with van der Waals surface area (Å²) in [6.45, 7) is 5.51. The first-order chi connectivity index (χ1) is 10.7. The summed E-state index contributed by atoms with van der Waals surface area (Å²) in [4.78, 5) is 8.85. The molecule has 1 heterocycles. The van der Waals surface area contributed by atoms with Gasteiger partial charge in [0.05, 0.1) is 6.20 Å². The number of aromatic nitrogens is 3. The number of nitrogens with one attached hydrogen (secondary N) is 1. The Balaban J connectivity index is 2.02. The molecule has 0 aliphatic heterocycles. The van der Waals surface area contributed by atoms with Gasteiger partial charge < -0.3 is 15.1 Å². The van der Waals surface area contributed by atoms with Crippen molar-refractivity contribution in [3.63, 3.8) is 0 Å². The molecule has 0 radical (unpaired) electrons. The fraction of sp³-hybridized carbons (Fsp3) is 0.438. The molecule has 22 heavy (non-hydrogen) atoms. The summed E-state index contributed by atoms with van der Waals surface area (Å²) in [6.07, 6.45) is 1.71. The predicted molar refractivity (Wildman–Crippen MR) is 90.0 cm³/mol. The maximum atomic E-state index is 4.56. The number of likely N-dealkylation sites (N-methyl/N-ethyl adjacent to an activating group) is 1. The van der Waals surface area contributed by atoms with Crippen LogP contribution in [0.1, 0.15) is 12.5 Å². The van der Waals surface area contributed by atoms with E-state index in [-0.39, 0.29) is 0 Å². The third kappa shape index (κ3) is 4.96. The van der Waals surface area contributed by atoms with E-state index in [0.29, 0.717) is 5.95 Å². The van der Waals surface area contributed by atoms with E-state index in [2.05, 4.69) is 61.5 Å². The van der Waals surface area contributed by atoms with Gasteiger partial charge in [-0.1, -0.05) is 30.3 Å². The largest absolute Gasteiger partial charge is 0.352 e. The molecule has 0 fully saturated rings. The van der Waals surface area contributed by atoms with Crippen molar-refractivity contribution in [2.75, 3.05) is 43.9 Å². The van der Waals surface area contributed by atoms with Crippen LogP contribution >= 0.6 is 0 Å². The number of hydrogen-bond donors (Lipinski definition) is 1. The maximum absolute atomic E-state index is 4.56. The molecule has 0 aliphatic carbocycles. The number of anilines is 2. The quantitative estimate of drug-likeness (QED) is 0.803. The fourth-order valence-corrected chi connectivity index (χ4v) is 2.07. The second kappa shape index (κ2) is 8.29. The Morgan fingerprint density at radius 1 is 1.14 bits per heavy atom. The zero-order chi connectivity index (χ0) is 15.8. The zero-order valence-electron chi connectivity index (χ0n) is 13.5. The molecule has 1 aromatic carbocycles. The lowest BCUT2D eigenvalue weighted by molar-refractivity contribution is 0.425. The maximum Gasteiger partial charge on any atom is 0.244 e. The van der Waals surface area contributed by atoms with Gasteiger partial charge in [-0.05, 0) is 26.6 Å². The van der Waals surface area contributed by atoms with Gasteiger partial charge in [-0.15, -0.1) is 5.10 Å². The molecule has 6 heteroatoms. The molecule has 0 unspecified atom stereocenters. The third-order valence-electron chi connectivity index (χ3n) is 3.31. The predicted octanol–water partition coefficient (Wildman–Crippen LogP) is 1.87. The molecule has 118 valence electrons. The van der Waals surface area contributed by atoms with Crippen LogP contribution in [-0.2, 0) is 6.54 Å². The summed E-state index contributed by atoms with van der Waals surface area (Å²) < 4.78 is 0. The lowest BCUT2D eigenvalue weighted by atomic mass is 10.2. The van der Waals surface area contributed by atoms with Gasteiger partial charge in [0.2, 0.25) is 5.95 Å². The molecule has 1 aromatic heterocycles. The molecule has 1 N–H and O–H groups in total. The molecule has 0 bridgehead atoms. The lowest BCUT2D eigenvalue weighted by Gasteiger charge is -2.22. The van der Waals surface area contributed by atoms with E-state index in [1.54, 1.807) is 6.20 Å². The molecule has 2 aromatic rings. The van der Waals surface area contributed by atoms with Crippen LogP contribution < -0.4 is 10.2 Å². The molecule has 0 spiro atoms. The Morgan fingerprint density at radius 2 is 1.91 bits per heavy atom. The average Bonchev–Trinajstić information content (AvgIpc) is 2.53. The monoisotopic (exact) mass is 300 g/mol. The van der Waals surface area contributed by atoms with Crippen LogP contribution in [-0.4, -0.2) is 53.8 Å². The van der Waals surface area contributed by atoms with E-state index < -0.39 is 0 Å². The minimum absolute atomic E-state index is 0.575. The van der Waals surface area contributed by atoms with Gasteiger partial charge in [0.1, 0.15) is 0 Å². The van der Waals surface area contributed by atoms with Crippen molar-refractivity contribution in [3.05, 3.63) is 42.1 Å². The third-order valence-corrected chi connectivity index (χ3v) is 3.31. The Hall–Kier alpha value is -2.21. The van der Waals surface area contributed by atoms with E-state index in [1.165, 1.54) is 5.56 Å². The van der Waals surface area contributed by atoms with Gasteiger partial charge in [0, 0.05) is 26.2 Å². The number of rotatable bonds is 8. The van der Waals surface area contributed by atoms with Crippen molar-refractivity contribution in [2.24, 2.45) is 0 Å². The second-order valence-electron chi connectivity index (χ2n) is 5.37. The van der Waals surface area contributed by atoms with Crippen molar-refractivity contribution < 1.29 is 0 Å². The first-order valence-corrected chi connectivity index (χ1v) is 7.56. The van der Waals surface area contributed by atoms with E-state index in [1.807, 2.05) is 20.2 Å². The first kappa shape index (κ1) is 16.2. The Morgan fingerprint density at radius 3 is 2.59 bits per heavy atom. The summed E-state index contributed by atoms with van der Waals surface area (Å²) in [6, 6.07) is 10.4. The highest BCUT2D eigenvalue weighted by Crippen LogP contribution is 2.14. The van der Waals surface area contributed by atoms with Gasteiger partial charge in [0.15, 0.2) is 5.82 Å². The smallest absolute Gasteiger partial charge is 0.244 e. The van der Waals surface area contributed by atoms with Crippen LogP contribution in [0.15, 0.2) is 36.5 Å². The molecule has 0 amide bonds. The van der Waals surface area contributed by atoms with Crippen LogP contribution in [0.4, 0.5) is 11.8 Å². The first-order valence-electron chi connectivity index (χ1n) is 7.56. The van der Waals surface area contributed by atoms with Gasteiger partial charge in [0.25, 0.3) is 0 Å². The Kier molecular flexibility index (Phi) is 6.09. The molecule has 6 nitrogen and oxygen atoms in total. The summed E-state index contributed by atoms with van der Waals surface area (Å²) in [5, 5.41) is 11.3. The van der Waals surface area contributed by atoms with Crippen LogP contribution in [0.25, 0.3) is 0 Å². The van der Waals surface area contributed by atoms with Gasteiger partial charge in [-0.3, -0.25) is 0 Å².